The minimum absolute atomic E-state index is 0.291. The number of hydrogen-bond acceptors (Lipinski definition) is 1. The van der Waals surface area contributed by atoms with Crippen LogP contribution in [-0.4, -0.2) is 21.4 Å². The van der Waals surface area contributed by atoms with Gasteiger partial charge in [0, 0.05) is 30.9 Å². The summed E-state index contributed by atoms with van der Waals surface area (Å²) in [7, 11) is 0. The van der Waals surface area contributed by atoms with Gasteiger partial charge in [0.05, 0.1) is 6.54 Å². The van der Waals surface area contributed by atoms with Crippen LogP contribution in [0.2, 0.25) is 0 Å². The lowest BCUT2D eigenvalue weighted by Gasteiger charge is -2.35. The van der Waals surface area contributed by atoms with Gasteiger partial charge in [-0.15, -0.1) is 0 Å². The largest absolute Gasteiger partial charge is 0.345 e. The fourth-order valence-electron chi connectivity index (χ4n) is 4.75. The highest BCUT2D eigenvalue weighted by Crippen LogP contribution is 2.25. The summed E-state index contributed by atoms with van der Waals surface area (Å²) in [5, 5.41) is 0. The molecule has 3 heteroatoms. The van der Waals surface area contributed by atoms with Crippen molar-refractivity contribution >= 4 is 5.91 Å². The molecule has 162 valence electrons. The molecule has 1 aromatic heterocycles. The van der Waals surface area contributed by atoms with Crippen LogP contribution in [0.4, 0.5) is 0 Å². The molecule has 0 bridgehead atoms. The van der Waals surface area contributed by atoms with Crippen LogP contribution < -0.4 is 0 Å². The maximum atomic E-state index is 13.4. The van der Waals surface area contributed by atoms with Gasteiger partial charge in [-0.05, 0) is 55.0 Å². The molecular weight excluding hydrogens is 380 g/mol. The normalized spacial score (nSPS) is 14.5. The molecule has 1 aliphatic carbocycles. The molecule has 0 radical (unpaired) electrons. The Labute approximate surface area is 186 Å². The summed E-state index contributed by atoms with van der Waals surface area (Å²) in [6.45, 7) is 3.73. The molecular formula is C28H34N2O. The summed E-state index contributed by atoms with van der Waals surface area (Å²) in [6, 6.07) is 23.6. The Balaban J connectivity index is 1.49. The highest BCUT2D eigenvalue weighted by atomic mass is 16.2. The lowest BCUT2D eigenvalue weighted by Crippen LogP contribution is -2.41. The van der Waals surface area contributed by atoms with Gasteiger partial charge in [0.1, 0.15) is 0 Å². The van der Waals surface area contributed by atoms with Gasteiger partial charge >= 0.3 is 0 Å². The zero-order valence-electron chi connectivity index (χ0n) is 18.7. The van der Waals surface area contributed by atoms with E-state index in [1.165, 1.54) is 41.6 Å². The predicted molar refractivity (Wildman–Crippen MR) is 127 cm³/mol. The number of rotatable bonds is 8. The second-order valence-corrected chi connectivity index (χ2v) is 8.85. The third-order valence-corrected chi connectivity index (χ3v) is 6.66. The van der Waals surface area contributed by atoms with Crippen molar-refractivity contribution in [3.05, 3.63) is 95.3 Å². The van der Waals surface area contributed by atoms with Gasteiger partial charge in [-0.1, -0.05) is 73.9 Å². The molecule has 3 aromatic rings. The molecule has 2 aromatic carbocycles. The standard InChI is InChI=1S/C28H34N2O/c1-23-11-8-9-14-25(23)21-29-20-10-17-27(29)22-30(26-15-6-3-7-16-26)28(31)19-18-24-12-4-2-5-13-24/h2,4-5,8-14,17,20,26H,3,6-7,15-16,18-19,21-22H2,1H3. The van der Waals surface area contributed by atoms with E-state index in [0.717, 1.165) is 25.8 Å². The van der Waals surface area contributed by atoms with Crippen LogP contribution in [0, 0.1) is 6.92 Å². The first-order valence-electron chi connectivity index (χ1n) is 11.7. The Morgan fingerprint density at radius 2 is 1.68 bits per heavy atom. The molecule has 1 saturated carbocycles. The third kappa shape index (κ3) is 5.66. The maximum absolute atomic E-state index is 13.4. The summed E-state index contributed by atoms with van der Waals surface area (Å²) in [4.78, 5) is 15.6. The molecule has 4 rings (SSSR count). The van der Waals surface area contributed by atoms with E-state index in [1.807, 2.05) is 6.07 Å². The first kappa shape index (κ1) is 21.4. The molecule has 1 amide bonds. The summed E-state index contributed by atoms with van der Waals surface area (Å²) >= 11 is 0. The SMILES string of the molecule is Cc1ccccc1Cn1cccc1CN(C(=O)CCc1ccccc1)C1CCCCC1. The second-order valence-electron chi connectivity index (χ2n) is 8.85. The first-order chi connectivity index (χ1) is 15.2. The number of nitrogens with zero attached hydrogens (tertiary/aromatic N) is 2. The molecule has 0 N–H and O–H groups in total. The Kier molecular flexibility index (Phi) is 7.24. The average molecular weight is 415 g/mol. The van der Waals surface area contributed by atoms with E-state index in [0.29, 0.717) is 24.9 Å². The molecule has 0 aliphatic heterocycles. The number of amides is 1. The summed E-state index contributed by atoms with van der Waals surface area (Å²) < 4.78 is 2.31. The molecule has 31 heavy (non-hydrogen) atoms. The fraction of sp³-hybridized carbons (Fsp3) is 0.393. The quantitative estimate of drug-likeness (QED) is 0.435. The van der Waals surface area contributed by atoms with Crippen LogP contribution in [0.15, 0.2) is 72.9 Å². The maximum Gasteiger partial charge on any atom is 0.223 e. The minimum Gasteiger partial charge on any atom is -0.345 e. The highest BCUT2D eigenvalue weighted by Gasteiger charge is 2.26. The number of carbonyl (C=O) groups is 1. The number of hydrogen-bond donors (Lipinski definition) is 0. The van der Waals surface area contributed by atoms with E-state index >= 15 is 0 Å². The van der Waals surface area contributed by atoms with Gasteiger partial charge in [0.15, 0.2) is 0 Å². The fourth-order valence-corrected chi connectivity index (χ4v) is 4.75. The van der Waals surface area contributed by atoms with Crippen LogP contribution in [0.5, 0.6) is 0 Å². The van der Waals surface area contributed by atoms with E-state index in [4.69, 9.17) is 0 Å². The van der Waals surface area contributed by atoms with Crippen molar-refractivity contribution in [2.45, 2.75) is 71.0 Å². The number of aryl methyl sites for hydroxylation is 2. The summed E-state index contributed by atoms with van der Waals surface area (Å²) in [5.41, 5.74) is 5.11. The Morgan fingerprint density at radius 3 is 2.45 bits per heavy atom. The van der Waals surface area contributed by atoms with Crippen LogP contribution >= 0.6 is 0 Å². The van der Waals surface area contributed by atoms with Gasteiger partial charge < -0.3 is 9.47 Å². The van der Waals surface area contributed by atoms with Gasteiger partial charge in [-0.3, -0.25) is 4.79 Å². The molecule has 0 spiro atoms. The number of aromatic nitrogens is 1. The molecule has 1 aliphatic rings. The average Bonchev–Trinajstić information content (AvgIpc) is 3.25. The Hall–Kier alpha value is -2.81. The molecule has 1 fully saturated rings. The lowest BCUT2D eigenvalue weighted by atomic mass is 9.93. The van der Waals surface area contributed by atoms with Gasteiger partial charge in [-0.25, -0.2) is 0 Å². The van der Waals surface area contributed by atoms with Crippen molar-refractivity contribution < 1.29 is 4.79 Å². The zero-order chi connectivity index (χ0) is 21.5. The summed E-state index contributed by atoms with van der Waals surface area (Å²) in [5.74, 6) is 0.291. The van der Waals surface area contributed by atoms with Crippen molar-refractivity contribution in [2.75, 3.05) is 0 Å². The van der Waals surface area contributed by atoms with Gasteiger partial charge in [-0.2, -0.15) is 0 Å². The van der Waals surface area contributed by atoms with E-state index < -0.39 is 0 Å². The zero-order valence-corrected chi connectivity index (χ0v) is 18.7. The van der Waals surface area contributed by atoms with E-state index in [2.05, 4.69) is 83.3 Å². The minimum atomic E-state index is 0.291. The van der Waals surface area contributed by atoms with E-state index in [9.17, 15) is 4.79 Å². The smallest absolute Gasteiger partial charge is 0.223 e. The highest BCUT2D eigenvalue weighted by molar-refractivity contribution is 5.76. The first-order valence-corrected chi connectivity index (χ1v) is 11.7. The number of carbonyl (C=O) groups excluding carboxylic acids is 1. The Bertz CT molecular complexity index is 969. The monoisotopic (exact) mass is 414 g/mol. The van der Waals surface area contributed by atoms with Gasteiger partial charge in [0.2, 0.25) is 5.91 Å². The van der Waals surface area contributed by atoms with Crippen LogP contribution in [0.25, 0.3) is 0 Å². The van der Waals surface area contributed by atoms with Crippen molar-refractivity contribution in [1.29, 1.82) is 0 Å². The molecule has 0 atom stereocenters. The van der Waals surface area contributed by atoms with E-state index in [1.54, 1.807) is 0 Å². The molecule has 0 unspecified atom stereocenters. The van der Waals surface area contributed by atoms with Gasteiger partial charge in [0.25, 0.3) is 0 Å². The molecule has 3 nitrogen and oxygen atoms in total. The Morgan fingerprint density at radius 1 is 0.935 bits per heavy atom. The predicted octanol–water partition coefficient (Wildman–Crippen LogP) is 6.14. The summed E-state index contributed by atoms with van der Waals surface area (Å²) in [6.07, 6.45) is 9.58. The van der Waals surface area contributed by atoms with Crippen molar-refractivity contribution in [3.8, 4) is 0 Å². The lowest BCUT2D eigenvalue weighted by molar-refractivity contribution is -0.135. The second kappa shape index (κ2) is 10.5. The number of benzene rings is 2. The van der Waals surface area contributed by atoms with Crippen LogP contribution in [0.1, 0.15) is 60.9 Å². The van der Waals surface area contributed by atoms with Crippen LogP contribution in [-0.2, 0) is 24.3 Å². The molecule has 0 saturated heterocycles. The van der Waals surface area contributed by atoms with Crippen molar-refractivity contribution in [3.63, 3.8) is 0 Å². The van der Waals surface area contributed by atoms with Crippen LogP contribution in [0.3, 0.4) is 0 Å². The third-order valence-electron chi connectivity index (χ3n) is 6.66. The van der Waals surface area contributed by atoms with Crippen molar-refractivity contribution in [1.82, 2.24) is 9.47 Å². The van der Waals surface area contributed by atoms with E-state index in [-0.39, 0.29) is 0 Å². The molecule has 1 heterocycles. The topological polar surface area (TPSA) is 25.2 Å². The van der Waals surface area contributed by atoms with Crippen molar-refractivity contribution in [2.24, 2.45) is 0 Å².